The van der Waals surface area contributed by atoms with Gasteiger partial charge in [-0.3, -0.25) is 0 Å². The van der Waals surface area contributed by atoms with Crippen molar-refractivity contribution in [2.45, 2.75) is 33.6 Å². The molecule has 0 bridgehead atoms. The molecule has 0 saturated carbocycles. The van der Waals surface area contributed by atoms with Crippen LogP contribution in [0.2, 0.25) is 0 Å². The SMILES string of the molecule is CC.CCN1CCC(COCCOCCO)CC1. The first kappa shape index (κ1) is 17.8. The van der Waals surface area contributed by atoms with Gasteiger partial charge in [0.15, 0.2) is 0 Å². The molecule has 4 nitrogen and oxygen atoms in total. The van der Waals surface area contributed by atoms with Gasteiger partial charge in [-0.2, -0.15) is 0 Å². The Morgan fingerprint density at radius 3 is 2.22 bits per heavy atom. The molecule has 1 rings (SSSR count). The highest BCUT2D eigenvalue weighted by Gasteiger charge is 2.17. The summed E-state index contributed by atoms with van der Waals surface area (Å²) in [6, 6.07) is 0. The zero-order chi connectivity index (χ0) is 13.6. The van der Waals surface area contributed by atoms with Crippen molar-refractivity contribution in [2.24, 2.45) is 5.92 Å². The third-order valence-corrected chi connectivity index (χ3v) is 3.12. The minimum atomic E-state index is 0.0927. The van der Waals surface area contributed by atoms with Crippen LogP contribution in [0.25, 0.3) is 0 Å². The van der Waals surface area contributed by atoms with Gasteiger partial charge in [0, 0.05) is 6.61 Å². The van der Waals surface area contributed by atoms with Gasteiger partial charge in [0.2, 0.25) is 0 Å². The maximum atomic E-state index is 8.50. The predicted molar refractivity (Wildman–Crippen MR) is 74.9 cm³/mol. The molecule has 0 spiro atoms. The normalized spacial score (nSPS) is 17.3. The highest BCUT2D eigenvalue weighted by atomic mass is 16.5. The molecule has 0 unspecified atom stereocenters. The van der Waals surface area contributed by atoms with Crippen molar-refractivity contribution in [3.63, 3.8) is 0 Å². The predicted octanol–water partition coefficient (Wildman–Crippen LogP) is 1.77. The van der Waals surface area contributed by atoms with Crippen molar-refractivity contribution in [3.8, 4) is 0 Å². The molecular formula is C14H31NO3. The van der Waals surface area contributed by atoms with Gasteiger partial charge in [-0.25, -0.2) is 0 Å². The van der Waals surface area contributed by atoms with Crippen molar-refractivity contribution in [3.05, 3.63) is 0 Å². The van der Waals surface area contributed by atoms with E-state index >= 15 is 0 Å². The molecule has 1 saturated heterocycles. The van der Waals surface area contributed by atoms with Crippen LogP contribution in [0.5, 0.6) is 0 Å². The third-order valence-electron chi connectivity index (χ3n) is 3.12. The minimum absolute atomic E-state index is 0.0927. The summed E-state index contributed by atoms with van der Waals surface area (Å²) in [6.45, 7) is 12.4. The third kappa shape index (κ3) is 8.86. The lowest BCUT2D eigenvalue weighted by molar-refractivity contribution is 0.0132. The van der Waals surface area contributed by atoms with E-state index in [0.29, 0.717) is 19.8 Å². The lowest BCUT2D eigenvalue weighted by Gasteiger charge is -2.30. The summed E-state index contributed by atoms with van der Waals surface area (Å²) < 4.78 is 10.7. The zero-order valence-corrected chi connectivity index (χ0v) is 12.4. The van der Waals surface area contributed by atoms with Gasteiger partial charge in [-0.1, -0.05) is 20.8 Å². The average molecular weight is 261 g/mol. The molecule has 0 aliphatic carbocycles. The molecule has 1 fully saturated rings. The largest absolute Gasteiger partial charge is 0.394 e. The number of ether oxygens (including phenoxy) is 2. The number of hydrogen-bond donors (Lipinski definition) is 1. The molecule has 1 aliphatic rings. The molecule has 0 radical (unpaired) electrons. The average Bonchev–Trinajstić information content (AvgIpc) is 2.45. The Hall–Kier alpha value is -0.160. The smallest absolute Gasteiger partial charge is 0.0701 e. The molecule has 4 heteroatoms. The van der Waals surface area contributed by atoms with Crippen molar-refractivity contribution in [2.75, 3.05) is 52.7 Å². The number of likely N-dealkylation sites (tertiary alicyclic amines) is 1. The van der Waals surface area contributed by atoms with E-state index in [1.807, 2.05) is 13.8 Å². The summed E-state index contributed by atoms with van der Waals surface area (Å²) in [6.07, 6.45) is 2.51. The van der Waals surface area contributed by atoms with Gasteiger partial charge in [-0.15, -0.1) is 0 Å². The Balaban J connectivity index is 0.00000137. The number of rotatable bonds is 8. The van der Waals surface area contributed by atoms with E-state index in [0.717, 1.165) is 12.5 Å². The topological polar surface area (TPSA) is 41.9 Å². The van der Waals surface area contributed by atoms with Crippen molar-refractivity contribution < 1.29 is 14.6 Å². The molecule has 0 atom stereocenters. The molecule has 1 N–H and O–H groups in total. The maximum absolute atomic E-state index is 8.50. The van der Waals surface area contributed by atoms with Crippen LogP contribution >= 0.6 is 0 Å². The number of nitrogens with zero attached hydrogens (tertiary/aromatic N) is 1. The van der Waals surface area contributed by atoms with Gasteiger partial charge in [-0.05, 0) is 38.4 Å². The first-order valence-electron chi connectivity index (χ1n) is 7.35. The Labute approximate surface area is 112 Å². The highest BCUT2D eigenvalue weighted by molar-refractivity contribution is 4.70. The monoisotopic (exact) mass is 261 g/mol. The quantitative estimate of drug-likeness (QED) is 0.676. The fourth-order valence-electron chi connectivity index (χ4n) is 2.00. The van der Waals surface area contributed by atoms with Crippen LogP contribution in [0.4, 0.5) is 0 Å². The molecule has 18 heavy (non-hydrogen) atoms. The second kappa shape index (κ2) is 13.3. The van der Waals surface area contributed by atoms with Crippen LogP contribution in [0.15, 0.2) is 0 Å². The Morgan fingerprint density at radius 2 is 1.67 bits per heavy atom. The van der Waals surface area contributed by atoms with Crippen molar-refractivity contribution in [1.82, 2.24) is 4.90 Å². The second-order valence-corrected chi connectivity index (χ2v) is 4.29. The fourth-order valence-corrected chi connectivity index (χ4v) is 2.00. The summed E-state index contributed by atoms with van der Waals surface area (Å²) in [4.78, 5) is 2.49. The number of hydrogen-bond acceptors (Lipinski definition) is 4. The summed E-state index contributed by atoms with van der Waals surface area (Å²) in [5.41, 5.74) is 0. The van der Waals surface area contributed by atoms with Crippen LogP contribution in [0.3, 0.4) is 0 Å². The molecule has 0 amide bonds. The Kier molecular flexibility index (Phi) is 13.2. The molecule has 0 aromatic rings. The van der Waals surface area contributed by atoms with Crippen LogP contribution in [-0.4, -0.2) is 62.7 Å². The lowest BCUT2D eigenvalue weighted by atomic mass is 9.98. The van der Waals surface area contributed by atoms with Crippen LogP contribution < -0.4 is 0 Å². The lowest BCUT2D eigenvalue weighted by Crippen LogP contribution is -2.34. The number of piperidine rings is 1. The molecular weight excluding hydrogens is 230 g/mol. The van der Waals surface area contributed by atoms with Gasteiger partial charge in [0.1, 0.15) is 0 Å². The van der Waals surface area contributed by atoms with E-state index in [-0.39, 0.29) is 6.61 Å². The van der Waals surface area contributed by atoms with E-state index < -0.39 is 0 Å². The molecule has 0 aromatic heterocycles. The zero-order valence-electron chi connectivity index (χ0n) is 12.4. The van der Waals surface area contributed by atoms with Crippen LogP contribution in [-0.2, 0) is 9.47 Å². The minimum Gasteiger partial charge on any atom is -0.394 e. The maximum Gasteiger partial charge on any atom is 0.0701 e. The van der Waals surface area contributed by atoms with Crippen molar-refractivity contribution in [1.29, 1.82) is 0 Å². The number of aliphatic hydroxyl groups is 1. The summed E-state index contributed by atoms with van der Waals surface area (Å²) in [5, 5.41) is 8.50. The Morgan fingerprint density at radius 1 is 1.06 bits per heavy atom. The van der Waals surface area contributed by atoms with Crippen molar-refractivity contribution >= 4 is 0 Å². The fraction of sp³-hybridized carbons (Fsp3) is 1.00. The van der Waals surface area contributed by atoms with E-state index in [1.54, 1.807) is 0 Å². The Bertz CT molecular complexity index is 159. The molecule has 110 valence electrons. The van der Waals surface area contributed by atoms with E-state index in [9.17, 15) is 0 Å². The first-order chi connectivity index (χ1) is 8.86. The van der Waals surface area contributed by atoms with Gasteiger partial charge in [0.25, 0.3) is 0 Å². The molecule has 0 aromatic carbocycles. The molecule has 1 aliphatic heterocycles. The summed E-state index contributed by atoms with van der Waals surface area (Å²) in [7, 11) is 0. The highest BCUT2D eigenvalue weighted by Crippen LogP contribution is 2.16. The van der Waals surface area contributed by atoms with Gasteiger partial charge >= 0.3 is 0 Å². The van der Waals surface area contributed by atoms with E-state index in [1.165, 1.54) is 32.5 Å². The van der Waals surface area contributed by atoms with E-state index in [2.05, 4.69) is 11.8 Å². The molecule has 1 heterocycles. The number of aliphatic hydroxyl groups excluding tert-OH is 1. The standard InChI is InChI=1S/C12H25NO3.C2H6/c1-2-13-5-3-12(4-6-13)11-16-10-9-15-8-7-14;1-2/h12,14H,2-11H2,1H3;1-2H3. The van der Waals surface area contributed by atoms with Crippen LogP contribution in [0.1, 0.15) is 33.6 Å². The van der Waals surface area contributed by atoms with Gasteiger partial charge < -0.3 is 19.5 Å². The summed E-state index contributed by atoms with van der Waals surface area (Å²) >= 11 is 0. The second-order valence-electron chi connectivity index (χ2n) is 4.29. The first-order valence-corrected chi connectivity index (χ1v) is 7.35. The summed E-state index contributed by atoms with van der Waals surface area (Å²) in [5.74, 6) is 0.723. The van der Waals surface area contributed by atoms with Crippen LogP contribution in [0, 0.1) is 5.92 Å². The van der Waals surface area contributed by atoms with E-state index in [4.69, 9.17) is 14.6 Å². The van der Waals surface area contributed by atoms with Gasteiger partial charge in [0.05, 0.1) is 26.4 Å².